The number of aromatic nitrogens is 2. The number of hydrogen-bond acceptors (Lipinski definition) is 3. The lowest BCUT2D eigenvalue weighted by molar-refractivity contribution is -0.118. The molecule has 0 bridgehead atoms. The first-order valence-corrected chi connectivity index (χ1v) is 6.26. The molecule has 1 aromatic heterocycles. The quantitative estimate of drug-likeness (QED) is 0.888. The molecule has 1 aromatic carbocycles. The highest BCUT2D eigenvalue weighted by atomic mass is 16.2. The topological polar surface area (TPSA) is 81.2 Å². The van der Waals surface area contributed by atoms with Crippen LogP contribution in [0.5, 0.6) is 0 Å². The van der Waals surface area contributed by atoms with Gasteiger partial charge in [-0.2, -0.15) is 0 Å². The van der Waals surface area contributed by atoms with Crippen molar-refractivity contribution >= 4 is 11.9 Å². The van der Waals surface area contributed by atoms with E-state index in [0.717, 1.165) is 5.56 Å². The number of nitrogens with two attached hydrogens (primary N) is 1. The van der Waals surface area contributed by atoms with E-state index < -0.39 is 5.91 Å². The Bertz CT molecular complexity index is 566. The summed E-state index contributed by atoms with van der Waals surface area (Å²) in [5.41, 5.74) is 6.15. The van der Waals surface area contributed by atoms with E-state index >= 15 is 0 Å². The van der Waals surface area contributed by atoms with Crippen molar-refractivity contribution in [2.75, 3.05) is 6.54 Å². The van der Waals surface area contributed by atoms with E-state index in [1.54, 1.807) is 11.1 Å². The van der Waals surface area contributed by atoms with Crippen LogP contribution in [0.4, 0.5) is 4.79 Å². The number of imidazole rings is 1. The van der Waals surface area contributed by atoms with Crippen molar-refractivity contribution in [2.24, 2.45) is 5.73 Å². The average molecular weight is 272 g/mol. The Labute approximate surface area is 116 Å². The van der Waals surface area contributed by atoms with E-state index in [0.29, 0.717) is 6.54 Å². The van der Waals surface area contributed by atoms with Crippen molar-refractivity contribution in [3.05, 3.63) is 54.6 Å². The zero-order chi connectivity index (χ0) is 14.4. The minimum absolute atomic E-state index is 0.132. The first-order valence-electron chi connectivity index (χ1n) is 6.26. The highest BCUT2D eigenvalue weighted by Crippen LogP contribution is 2.07. The van der Waals surface area contributed by atoms with E-state index in [2.05, 4.69) is 4.98 Å². The van der Waals surface area contributed by atoms with E-state index in [1.165, 1.54) is 17.1 Å². The largest absolute Gasteiger partial charge is 0.370 e. The number of benzene rings is 1. The van der Waals surface area contributed by atoms with Crippen molar-refractivity contribution in [2.45, 2.75) is 13.0 Å². The lowest BCUT2D eigenvalue weighted by atomic mass is 10.2. The second kappa shape index (κ2) is 6.51. The molecule has 6 nitrogen and oxygen atoms in total. The van der Waals surface area contributed by atoms with Crippen molar-refractivity contribution in [1.82, 2.24) is 14.5 Å². The third-order valence-corrected chi connectivity index (χ3v) is 2.84. The summed E-state index contributed by atoms with van der Waals surface area (Å²) in [6.45, 7) is 0.701. The molecule has 0 fully saturated rings. The lowest BCUT2D eigenvalue weighted by Crippen LogP contribution is -2.36. The summed E-state index contributed by atoms with van der Waals surface area (Å²) in [7, 11) is 0. The zero-order valence-electron chi connectivity index (χ0n) is 11.0. The van der Waals surface area contributed by atoms with Gasteiger partial charge in [-0.25, -0.2) is 9.78 Å². The van der Waals surface area contributed by atoms with Crippen LogP contribution in [0, 0.1) is 0 Å². The Balaban J connectivity index is 2.12. The van der Waals surface area contributed by atoms with Crippen LogP contribution in [0.2, 0.25) is 0 Å². The van der Waals surface area contributed by atoms with E-state index in [4.69, 9.17) is 5.73 Å². The van der Waals surface area contributed by atoms with Crippen LogP contribution >= 0.6 is 0 Å². The highest BCUT2D eigenvalue weighted by molar-refractivity contribution is 5.78. The van der Waals surface area contributed by atoms with Gasteiger partial charge in [-0.3, -0.25) is 9.36 Å². The molecule has 104 valence electrons. The molecule has 20 heavy (non-hydrogen) atoms. The maximum Gasteiger partial charge on any atom is 0.329 e. The number of amides is 2. The summed E-state index contributed by atoms with van der Waals surface area (Å²) in [5, 5.41) is 0. The molecule has 2 amide bonds. The molecule has 2 N–H and O–H groups in total. The van der Waals surface area contributed by atoms with Crippen molar-refractivity contribution in [1.29, 1.82) is 0 Å². The summed E-state index contributed by atoms with van der Waals surface area (Å²) < 4.78 is 1.38. The molecule has 2 aromatic rings. The second-order valence-corrected chi connectivity index (χ2v) is 4.38. The molecule has 2 rings (SSSR count). The number of carbonyl (C=O) groups excluding carboxylic acids is 2. The van der Waals surface area contributed by atoms with Crippen LogP contribution < -0.4 is 5.73 Å². The van der Waals surface area contributed by atoms with E-state index in [-0.39, 0.29) is 19.0 Å². The molecule has 0 saturated heterocycles. The number of carbonyl (C=O) groups is 2. The minimum atomic E-state index is -0.429. The van der Waals surface area contributed by atoms with Crippen molar-refractivity contribution < 1.29 is 9.59 Å². The summed E-state index contributed by atoms with van der Waals surface area (Å²) in [4.78, 5) is 28.7. The van der Waals surface area contributed by atoms with Crippen LogP contribution in [0.1, 0.15) is 12.0 Å². The van der Waals surface area contributed by atoms with Crippen LogP contribution in [0.15, 0.2) is 49.1 Å². The lowest BCUT2D eigenvalue weighted by Gasteiger charge is -2.22. The fourth-order valence-corrected chi connectivity index (χ4v) is 1.83. The molecule has 0 aliphatic heterocycles. The Morgan fingerprint density at radius 2 is 2.00 bits per heavy atom. The van der Waals surface area contributed by atoms with Gasteiger partial charge >= 0.3 is 6.03 Å². The number of hydrogen-bond donors (Lipinski definition) is 1. The van der Waals surface area contributed by atoms with Crippen LogP contribution in [0.3, 0.4) is 0 Å². The maximum atomic E-state index is 12.3. The fourth-order valence-electron chi connectivity index (χ4n) is 1.83. The highest BCUT2D eigenvalue weighted by Gasteiger charge is 2.16. The van der Waals surface area contributed by atoms with Crippen LogP contribution in [-0.2, 0) is 11.3 Å². The van der Waals surface area contributed by atoms with Gasteiger partial charge in [0.1, 0.15) is 6.33 Å². The fraction of sp³-hybridized carbons (Fsp3) is 0.214. The smallest absolute Gasteiger partial charge is 0.329 e. The third kappa shape index (κ3) is 3.68. The van der Waals surface area contributed by atoms with Gasteiger partial charge in [0.15, 0.2) is 0 Å². The Morgan fingerprint density at radius 1 is 1.25 bits per heavy atom. The van der Waals surface area contributed by atoms with Gasteiger partial charge < -0.3 is 10.6 Å². The molecule has 1 heterocycles. The van der Waals surface area contributed by atoms with Gasteiger partial charge in [0.2, 0.25) is 5.91 Å². The SMILES string of the molecule is NC(=O)CCN(Cc1ccccc1)C(=O)n1ccnc1. The van der Waals surface area contributed by atoms with E-state index in [1.807, 2.05) is 30.3 Å². The average Bonchev–Trinajstić information content (AvgIpc) is 2.97. The van der Waals surface area contributed by atoms with Crippen LogP contribution in [-0.4, -0.2) is 32.9 Å². The minimum Gasteiger partial charge on any atom is -0.370 e. The monoisotopic (exact) mass is 272 g/mol. The Morgan fingerprint density at radius 3 is 2.60 bits per heavy atom. The molecule has 0 saturated carbocycles. The zero-order valence-corrected chi connectivity index (χ0v) is 11.0. The number of rotatable bonds is 5. The number of nitrogens with zero attached hydrogens (tertiary/aromatic N) is 3. The summed E-state index contributed by atoms with van der Waals surface area (Å²) in [5.74, 6) is -0.429. The number of primary amides is 1. The molecular weight excluding hydrogens is 256 g/mol. The second-order valence-electron chi connectivity index (χ2n) is 4.38. The van der Waals surface area contributed by atoms with Gasteiger partial charge in [0.25, 0.3) is 0 Å². The standard InChI is InChI=1S/C14H16N4O2/c15-13(19)6-8-17(10-12-4-2-1-3-5-12)14(20)18-9-7-16-11-18/h1-5,7,9,11H,6,8,10H2,(H2,15,19). The predicted molar refractivity (Wildman–Crippen MR) is 73.7 cm³/mol. The van der Waals surface area contributed by atoms with Gasteiger partial charge in [-0.05, 0) is 5.56 Å². The summed E-state index contributed by atoms with van der Waals surface area (Å²) in [6.07, 6.45) is 4.68. The maximum absolute atomic E-state index is 12.3. The Kier molecular flexibility index (Phi) is 4.49. The molecule has 0 radical (unpaired) electrons. The van der Waals surface area contributed by atoms with Gasteiger partial charge in [0, 0.05) is 31.9 Å². The van der Waals surface area contributed by atoms with Crippen molar-refractivity contribution in [3.8, 4) is 0 Å². The first-order chi connectivity index (χ1) is 9.66. The van der Waals surface area contributed by atoms with Crippen molar-refractivity contribution in [3.63, 3.8) is 0 Å². The molecule has 0 aliphatic carbocycles. The molecule has 6 heteroatoms. The summed E-state index contributed by atoms with van der Waals surface area (Å²) in [6, 6.07) is 9.35. The summed E-state index contributed by atoms with van der Waals surface area (Å²) >= 11 is 0. The molecular formula is C14H16N4O2. The van der Waals surface area contributed by atoms with Gasteiger partial charge in [-0.1, -0.05) is 30.3 Å². The van der Waals surface area contributed by atoms with Crippen LogP contribution in [0.25, 0.3) is 0 Å². The first kappa shape index (κ1) is 13.8. The molecule has 0 atom stereocenters. The normalized spacial score (nSPS) is 10.2. The molecule has 0 aliphatic rings. The van der Waals surface area contributed by atoms with Gasteiger partial charge in [0.05, 0.1) is 0 Å². The predicted octanol–water partition coefficient (Wildman–Crippen LogP) is 1.23. The third-order valence-electron chi connectivity index (χ3n) is 2.84. The Hall–Kier alpha value is -2.63. The molecule has 0 spiro atoms. The van der Waals surface area contributed by atoms with E-state index in [9.17, 15) is 9.59 Å². The molecule has 0 unspecified atom stereocenters. The van der Waals surface area contributed by atoms with Gasteiger partial charge in [-0.15, -0.1) is 0 Å².